The summed E-state index contributed by atoms with van der Waals surface area (Å²) in [7, 11) is 0. The Morgan fingerprint density at radius 3 is 2.65 bits per heavy atom. The molecule has 1 aromatic rings. The molecule has 1 saturated heterocycles. The normalized spacial score (nSPS) is 15.5. The highest BCUT2D eigenvalue weighted by atomic mass is 16.6. The molecule has 2 rings (SSSR count). The summed E-state index contributed by atoms with van der Waals surface area (Å²) >= 11 is 0. The van der Waals surface area contributed by atoms with E-state index in [2.05, 4.69) is 10.6 Å². The first kappa shape index (κ1) is 16.9. The van der Waals surface area contributed by atoms with Crippen LogP contribution < -0.4 is 5.43 Å². The van der Waals surface area contributed by atoms with Crippen LogP contribution in [0.5, 0.6) is 0 Å². The van der Waals surface area contributed by atoms with Crippen LogP contribution in [-0.4, -0.2) is 53.8 Å². The number of nitrogens with one attached hydrogen (secondary N) is 1. The Bertz CT molecular complexity index is 582. The molecule has 0 unspecified atom stereocenters. The van der Waals surface area contributed by atoms with E-state index in [9.17, 15) is 10.0 Å². The van der Waals surface area contributed by atoms with Gasteiger partial charge < -0.3 is 14.8 Å². The first-order valence-corrected chi connectivity index (χ1v) is 7.69. The molecular weight excluding hydrogens is 298 g/mol. The summed E-state index contributed by atoms with van der Waals surface area (Å²) in [6, 6.07) is 5.86. The van der Waals surface area contributed by atoms with Gasteiger partial charge in [-0.3, -0.25) is 0 Å². The minimum absolute atomic E-state index is 0.338. The topological polar surface area (TPSA) is 83.2 Å². The lowest BCUT2D eigenvalue weighted by Gasteiger charge is -2.33. The van der Waals surface area contributed by atoms with E-state index in [1.165, 1.54) is 5.01 Å². The van der Waals surface area contributed by atoms with E-state index in [-0.39, 0.29) is 6.09 Å². The third-order valence-corrected chi connectivity index (χ3v) is 3.66. The Morgan fingerprint density at radius 2 is 2.04 bits per heavy atom. The number of ether oxygens (including phenoxy) is 1. The summed E-state index contributed by atoms with van der Waals surface area (Å²) in [5, 5.41) is 17.4. The monoisotopic (exact) mass is 321 g/mol. The Hall–Kier alpha value is -2.51. The fourth-order valence-electron chi connectivity index (χ4n) is 2.36. The number of piperazine rings is 1. The zero-order chi connectivity index (χ0) is 16.8. The molecule has 0 aromatic heterocycles. The number of carbonyl (C=O) groups excluding carboxylic acids is 1. The molecule has 0 spiro atoms. The van der Waals surface area contributed by atoms with E-state index in [4.69, 9.17) is 4.74 Å². The summed E-state index contributed by atoms with van der Waals surface area (Å²) in [5.41, 5.74) is 5.75. The zero-order valence-electron chi connectivity index (χ0n) is 13.8. The number of hydrazine groups is 1. The summed E-state index contributed by atoms with van der Waals surface area (Å²) in [6.07, 6.45) is -0.338. The number of benzene rings is 1. The minimum Gasteiger partial charge on any atom is -0.673 e. The first-order valence-electron chi connectivity index (χ1n) is 7.69. The van der Waals surface area contributed by atoms with E-state index in [1.807, 2.05) is 32.0 Å². The smallest absolute Gasteiger partial charge is 0.409 e. The highest BCUT2D eigenvalue weighted by molar-refractivity contribution is 5.67. The van der Waals surface area contributed by atoms with E-state index in [0.29, 0.717) is 37.8 Å². The van der Waals surface area contributed by atoms with Crippen molar-refractivity contribution in [2.24, 2.45) is 5.22 Å². The zero-order valence-corrected chi connectivity index (χ0v) is 13.8. The lowest BCUT2D eigenvalue weighted by atomic mass is 10.1. The van der Waals surface area contributed by atoms with Crippen LogP contribution in [0.3, 0.4) is 0 Å². The highest BCUT2D eigenvalue weighted by Gasteiger charge is 2.23. The molecule has 1 amide bonds. The third-order valence-electron chi connectivity index (χ3n) is 3.66. The molecule has 8 nitrogen and oxygen atoms in total. The molecule has 0 bridgehead atoms. The number of rotatable bonds is 4. The van der Waals surface area contributed by atoms with E-state index < -0.39 is 0 Å². The molecule has 126 valence electrons. The summed E-state index contributed by atoms with van der Waals surface area (Å²) in [4.78, 5) is 13.7. The van der Waals surface area contributed by atoms with Crippen molar-refractivity contribution in [2.45, 2.75) is 20.8 Å². The molecule has 0 atom stereocenters. The van der Waals surface area contributed by atoms with Gasteiger partial charge in [-0.05, 0) is 32.4 Å². The van der Waals surface area contributed by atoms with Gasteiger partial charge in [-0.2, -0.15) is 0 Å². The Balaban J connectivity index is 1.89. The van der Waals surface area contributed by atoms with Gasteiger partial charge in [-0.15, -0.1) is 5.43 Å². The van der Waals surface area contributed by atoms with Crippen LogP contribution in [0.25, 0.3) is 0 Å². The molecule has 1 N–H and O–H groups in total. The predicted molar refractivity (Wildman–Crippen MR) is 85.8 cm³/mol. The van der Waals surface area contributed by atoms with Crippen molar-refractivity contribution < 1.29 is 14.5 Å². The maximum atomic E-state index is 12.0. The van der Waals surface area contributed by atoms with Crippen molar-refractivity contribution in [1.82, 2.24) is 9.91 Å². The summed E-state index contributed by atoms with van der Waals surface area (Å²) < 4.78 is 4.95. The maximum absolute atomic E-state index is 12.0. The van der Waals surface area contributed by atoms with E-state index >= 15 is 0 Å². The second kappa shape index (κ2) is 7.66. The number of hydrogen-bond acceptors (Lipinski definition) is 4. The quantitative estimate of drug-likeness (QED) is 0.522. The average Bonchev–Trinajstić information content (AvgIpc) is 2.54. The Kier molecular flexibility index (Phi) is 5.61. The van der Waals surface area contributed by atoms with Gasteiger partial charge in [-0.25, -0.2) is 9.80 Å². The largest absolute Gasteiger partial charge is 0.673 e. The average molecular weight is 321 g/mol. The number of anilines is 1. The van der Waals surface area contributed by atoms with E-state index in [1.54, 1.807) is 11.8 Å². The van der Waals surface area contributed by atoms with Crippen LogP contribution in [0.4, 0.5) is 10.5 Å². The van der Waals surface area contributed by atoms with Gasteiger partial charge in [0.15, 0.2) is 0 Å². The number of nitrogens with zero attached hydrogens (tertiary/aromatic N) is 4. The van der Waals surface area contributed by atoms with Crippen LogP contribution >= 0.6 is 0 Å². The maximum Gasteiger partial charge on any atom is 0.409 e. The first-order chi connectivity index (χ1) is 11.0. The van der Waals surface area contributed by atoms with Gasteiger partial charge in [0.25, 0.3) is 0 Å². The molecule has 0 saturated carbocycles. The highest BCUT2D eigenvalue weighted by Crippen LogP contribution is 2.16. The number of aryl methyl sites for hydroxylation is 2. The van der Waals surface area contributed by atoms with Crippen molar-refractivity contribution in [3.63, 3.8) is 0 Å². The number of hydrogen-bond donors (Lipinski definition) is 1. The fourth-order valence-corrected chi connectivity index (χ4v) is 2.36. The predicted octanol–water partition coefficient (Wildman–Crippen LogP) is 2.28. The molecule has 23 heavy (non-hydrogen) atoms. The van der Waals surface area contributed by atoms with E-state index in [0.717, 1.165) is 16.8 Å². The molecule has 8 heteroatoms. The fraction of sp³-hybridized carbons (Fsp3) is 0.533. The van der Waals surface area contributed by atoms with Gasteiger partial charge in [-0.1, -0.05) is 22.7 Å². The number of amides is 1. The van der Waals surface area contributed by atoms with Crippen LogP contribution in [0.2, 0.25) is 0 Å². The standard InChI is InChI=1S/C15H23N5O3/c1-4-23-15(21)18-7-9-19(10-8-18)20(22)17-16-14-6-5-12(2)11-13(14)3/h5-6,11,16H,4,7-10H2,1-3H3/b20-17-. The second-order valence-corrected chi connectivity index (χ2v) is 5.42. The molecule has 1 fully saturated rings. The Labute approximate surface area is 135 Å². The van der Waals surface area contributed by atoms with Crippen molar-refractivity contribution in [2.75, 3.05) is 38.2 Å². The molecular formula is C15H23N5O3. The molecule has 0 radical (unpaired) electrons. The lowest BCUT2D eigenvalue weighted by molar-refractivity contribution is -0.694. The number of carbonyl (C=O) groups is 1. The van der Waals surface area contributed by atoms with Crippen molar-refractivity contribution >= 4 is 11.8 Å². The molecule has 1 aliphatic heterocycles. The molecule has 1 aliphatic rings. The molecule has 1 heterocycles. The third kappa shape index (κ3) is 4.48. The van der Waals surface area contributed by atoms with Gasteiger partial charge >= 0.3 is 6.09 Å². The molecule has 0 aliphatic carbocycles. The summed E-state index contributed by atoms with van der Waals surface area (Å²) in [6.45, 7) is 7.80. The van der Waals surface area contributed by atoms with Crippen LogP contribution in [0, 0.1) is 19.1 Å². The lowest BCUT2D eigenvalue weighted by Crippen LogP contribution is -2.50. The van der Waals surface area contributed by atoms with Crippen molar-refractivity contribution in [1.29, 1.82) is 0 Å². The van der Waals surface area contributed by atoms with Gasteiger partial charge in [0.1, 0.15) is 10.9 Å². The SMILES string of the molecule is CCOC(=O)N1CCN(/[N+]([O-])=N/Nc2ccc(C)cc2C)CC1. The van der Waals surface area contributed by atoms with Crippen LogP contribution in [-0.2, 0) is 4.74 Å². The second-order valence-electron chi connectivity index (χ2n) is 5.42. The van der Waals surface area contributed by atoms with Crippen LogP contribution in [0.15, 0.2) is 23.4 Å². The van der Waals surface area contributed by atoms with Crippen molar-refractivity contribution in [3.8, 4) is 0 Å². The van der Waals surface area contributed by atoms with Crippen molar-refractivity contribution in [3.05, 3.63) is 34.5 Å². The molecule has 1 aromatic carbocycles. The Morgan fingerprint density at radius 1 is 1.35 bits per heavy atom. The van der Waals surface area contributed by atoms with Gasteiger partial charge in [0, 0.05) is 13.1 Å². The van der Waals surface area contributed by atoms with Crippen LogP contribution in [0.1, 0.15) is 18.1 Å². The van der Waals surface area contributed by atoms with Gasteiger partial charge in [0.05, 0.1) is 19.7 Å². The minimum atomic E-state index is -0.338. The van der Waals surface area contributed by atoms with Gasteiger partial charge in [0.2, 0.25) is 0 Å². The summed E-state index contributed by atoms with van der Waals surface area (Å²) in [5.74, 6) is 0.